The fraction of sp³-hybridized carbons (Fsp3) is 1.00. The second-order valence-corrected chi connectivity index (χ2v) is 4.29. The highest BCUT2D eigenvalue weighted by molar-refractivity contribution is 4.96. The molecule has 1 fully saturated rings. The van der Waals surface area contributed by atoms with Gasteiger partial charge in [0.2, 0.25) is 0 Å². The molecule has 6 heteroatoms. The van der Waals surface area contributed by atoms with Gasteiger partial charge in [-0.1, -0.05) is 12.8 Å². The third-order valence-corrected chi connectivity index (χ3v) is 2.58. The van der Waals surface area contributed by atoms with Gasteiger partial charge in [0.15, 0.2) is 5.67 Å². The molecular weight excluding hydrogens is 222 g/mol. The van der Waals surface area contributed by atoms with Gasteiger partial charge >= 0.3 is 6.18 Å². The van der Waals surface area contributed by atoms with Crippen molar-refractivity contribution in [1.82, 2.24) is 0 Å². The van der Waals surface area contributed by atoms with E-state index in [9.17, 15) is 26.3 Å². The van der Waals surface area contributed by atoms with Crippen LogP contribution < -0.4 is 0 Å². The van der Waals surface area contributed by atoms with Crippen molar-refractivity contribution in [2.75, 3.05) is 0 Å². The Kier molecular flexibility index (Phi) is 3.00. The van der Waals surface area contributed by atoms with Crippen molar-refractivity contribution in [1.29, 1.82) is 0 Å². The van der Waals surface area contributed by atoms with E-state index in [4.69, 9.17) is 0 Å². The lowest BCUT2D eigenvalue weighted by atomic mass is 9.88. The molecule has 1 atom stereocenters. The van der Waals surface area contributed by atoms with Gasteiger partial charge in [-0.3, -0.25) is 0 Å². The molecule has 1 aliphatic carbocycles. The van der Waals surface area contributed by atoms with E-state index in [0.717, 1.165) is 0 Å². The number of rotatable bonds is 4. The van der Waals surface area contributed by atoms with E-state index in [1.165, 1.54) is 0 Å². The predicted molar refractivity (Wildman–Crippen MR) is 42.5 cm³/mol. The zero-order valence-corrected chi connectivity index (χ0v) is 8.17. The first-order valence-corrected chi connectivity index (χ1v) is 4.67. The topological polar surface area (TPSA) is 0 Å². The van der Waals surface area contributed by atoms with E-state index in [2.05, 4.69) is 0 Å². The van der Waals surface area contributed by atoms with Gasteiger partial charge < -0.3 is 0 Å². The standard InChI is InChI=1S/C9H12F6/c1-7(10,11)8(12,4-6-2-3-6)5-9(13,14)15/h6H,2-5H2,1H3. The Hall–Kier alpha value is -0.420. The fourth-order valence-corrected chi connectivity index (χ4v) is 1.50. The lowest BCUT2D eigenvalue weighted by Crippen LogP contribution is -2.45. The predicted octanol–water partition coefficient (Wildman–Crippen LogP) is 4.10. The van der Waals surface area contributed by atoms with Gasteiger partial charge in [-0.05, 0) is 12.3 Å². The van der Waals surface area contributed by atoms with E-state index in [0.29, 0.717) is 12.8 Å². The Morgan fingerprint density at radius 2 is 1.47 bits per heavy atom. The smallest absolute Gasteiger partial charge is 0.237 e. The van der Waals surface area contributed by atoms with Crippen molar-refractivity contribution in [2.45, 2.75) is 50.4 Å². The molecule has 1 saturated carbocycles. The summed E-state index contributed by atoms with van der Waals surface area (Å²) in [6.45, 7) is 0.209. The van der Waals surface area contributed by atoms with E-state index >= 15 is 0 Å². The molecule has 15 heavy (non-hydrogen) atoms. The van der Waals surface area contributed by atoms with Crippen LogP contribution in [0.1, 0.15) is 32.6 Å². The SMILES string of the molecule is CC(F)(F)C(F)(CC1CC1)CC(F)(F)F. The van der Waals surface area contributed by atoms with Gasteiger partial charge in [0.1, 0.15) is 0 Å². The molecule has 0 aliphatic heterocycles. The Bertz CT molecular complexity index is 224. The molecule has 0 aromatic heterocycles. The van der Waals surface area contributed by atoms with E-state index in [-0.39, 0.29) is 12.8 Å². The maximum atomic E-state index is 13.6. The van der Waals surface area contributed by atoms with Crippen molar-refractivity contribution in [3.63, 3.8) is 0 Å². The zero-order valence-electron chi connectivity index (χ0n) is 8.17. The molecule has 1 rings (SSSR count). The van der Waals surface area contributed by atoms with Crippen LogP contribution in [-0.2, 0) is 0 Å². The molecule has 1 unspecified atom stereocenters. The first-order chi connectivity index (χ1) is 6.54. The summed E-state index contributed by atoms with van der Waals surface area (Å²) in [5.74, 6) is -4.27. The summed E-state index contributed by atoms with van der Waals surface area (Å²) in [4.78, 5) is 0. The van der Waals surface area contributed by atoms with E-state index in [1.54, 1.807) is 0 Å². The number of hydrogen-bond acceptors (Lipinski definition) is 0. The van der Waals surface area contributed by atoms with Crippen molar-refractivity contribution in [3.05, 3.63) is 0 Å². The summed E-state index contributed by atoms with van der Waals surface area (Å²) in [6, 6.07) is 0. The van der Waals surface area contributed by atoms with Gasteiger partial charge in [0.25, 0.3) is 5.92 Å². The third kappa shape index (κ3) is 3.57. The minimum Gasteiger partial charge on any atom is -0.237 e. The highest BCUT2D eigenvalue weighted by Crippen LogP contribution is 2.49. The monoisotopic (exact) mass is 234 g/mol. The van der Waals surface area contributed by atoms with Crippen molar-refractivity contribution < 1.29 is 26.3 Å². The van der Waals surface area contributed by atoms with Crippen molar-refractivity contribution in [3.8, 4) is 0 Å². The zero-order chi connectivity index (χ0) is 11.9. The maximum absolute atomic E-state index is 13.6. The first-order valence-electron chi connectivity index (χ1n) is 4.67. The Morgan fingerprint density at radius 3 is 1.73 bits per heavy atom. The third-order valence-electron chi connectivity index (χ3n) is 2.58. The first kappa shape index (κ1) is 12.6. The highest BCUT2D eigenvalue weighted by atomic mass is 19.4. The molecule has 0 heterocycles. The maximum Gasteiger partial charge on any atom is 0.392 e. The minimum absolute atomic E-state index is 0.209. The van der Waals surface area contributed by atoms with E-state index < -0.39 is 30.6 Å². The lowest BCUT2D eigenvalue weighted by Gasteiger charge is -2.32. The van der Waals surface area contributed by atoms with E-state index in [1.807, 2.05) is 0 Å². The largest absolute Gasteiger partial charge is 0.392 e. The molecule has 0 amide bonds. The molecule has 0 radical (unpaired) electrons. The van der Waals surface area contributed by atoms with Gasteiger partial charge in [-0.15, -0.1) is 0 Å². The molecule has 0 N–H and O–H groups in total. The van der Waals surface area contributed by atoms with Gasteiger partial charge in [0, 0.05) is 6.92 Å². The molecule has 1 aliphatic rings. The molecule has 0 nitrogen and oxygen atoms in total. The molecular formula is C9H12F6. The van der Waals surface area contributed by atoms with Gasteiger partial charge in [-0.25, -0.2) is 13.2 Å². The van der Waals surface area contributed by atoms with Crippen LogP contribution in [0.5, 0.6) is 0 Å². The van der Waals surface area contributed by atoms with Crippen LogP contribution in [-0.4, -0.2) is 17.8 Å². The molecule has 0 saturated heterocycles. The molecule has 0 aromatic carbocycles. The normalized spacial score (nSPS) is 22.6. The molecule has 90 valence electrons. The van der Waals surface area contributed by atoms with Gasteiger partial charge in [-0.2, -0.15) is 13.2 Å². The molecule has 0 bridgehead atoms. The second-order valence-electron chi connectivity index (χ2n) is 4.29. The summed E-state index contributed by atoms with van der Waals surface area (Å²) in [7, 11) is 0. The Morgan fingerprint density at radius 1 is 1.00 bits per heavy atom. The lowest BCUT2D eigenvalue weighted by molar-refractivity contribution is -0.213. The summed E-state index contributed by atoms with van der Waals surface area (Å²) >= 11 is 0. The summed E-state index contributed by atoms with van der Waals surface area (Å²) in [6.07, 6.45) is -6.59. The summed E-state index contributed by atoms with van der Waals surface area (Å²) in [5.41, 5.74) is -3.45. The Balaban J connectivity index is 2.75. The number of hydrogen-bond donors (Lipinski definition) is 0. The van der Waals surface area contributed by atoms with Crippen LogP contribution in [0.4, 0.5) is 26.3 Å². The molecule has 0 spiro atoms. The highest BCUT2D eigenvalue weighted by Gasteiger charge is 2.58. The van der Waals surface area contributed by atoms with Crippen molar-refractivity contribution in [2.24, 2.45) is 5.92 Å². The minimum atomic E-state index is -4.90. The average Bonchev–Trinajstić information content (AvgIpc) is 2.63. The van der Waals surface area contributed by atoms with Crippen LogP contribution in [0.3, 0.4) is 0 Å². The van der Waals surface area contributed by atoms with Crippen LogP contribution in [0.25, 0.3) is 0 Å². The van der Waals surface area contributed by atoms with Crippen molar-refractivity contribution >= 4 is 0 Å². The molecule has 0 aromatic rings. The van der Waals surface area contributed by atoms with Crippen LogP contribution in [0, 0.1) is 5.92 Å². The van der Waals surface area contributed by atoms with Crippen LogP contribution in [0.15, 0.2) is 0 Å². The summed E-state index contributed by atoms with van der Waals surface area (Å²) < 4.78 is 75.2. The second kappa shape index (κ2) is 3.56. The van der Waals surface area contributed by atoms with Gasteiger partial charge in [0.05, 0.1) is 6.42 Å². The fourth-order valence-electron chi connectivity index (χ4n) is 1.50. The quantitative estimate of drug-likeness (QED) is 0.642. The van der Waals surface area contributed by atoms with Crippen LogP contribution in [0.2, 0.25) is 0 Å². The van der Waals surface area contributed by atoms with Crippen LogP contribution >= 0.6 is 0 Å². The summed E-state index contributed by atoms with van der Waals surface area (Å²) in [5, 5.41) is 0. The Labute approximate surface area is 83.6 Å². The number of alkyl halides is 6. The average molecular weight is 234 g/mol. The number of halogens is 6.